The van der Waals surface area contributed by atoms with Gasteiger partial charge >= 0.3 is 118 Å². The van der Waals surface area contributed by atoms with Crippen LogP contribution in [0.4, 0.5) is 0 Å². The average Bonchev–Trinajstić information content (AvgIpc) is 1.94. The molecule has 0 nitrogen and oxygen atoms in total. The van der Waals surface area contributed by atoms with Crippen molar-refractivity contribution in [1.82, 2.24) is 0 Å². The molecule has 0 aromatic heterocycles. The second kappa shape index (κ2) is 4.20. The maximum absolute atomic E-state index is 4.45. The van der Waals surface area contributed by atoms with Crippen LogP contribution >= 0.6 is 20.8 Å². The van der Waals surface area contributed by atoms with E-state index in [1.54, 1.807) is 0 Å². The summed E-state index contributed by atoms with van der Waals surface area (Å²) < 4.78 is 0. The van der Waals surface area contributed by atoms with E-state index in [0.29, 0.717) is 5.66 Å². The van der Waals surface area contributed by atoms with Crippen molar-refractivity contribution in [2.24, 2.45) is 0 Å². The Balaban J connectivity index is 6.59. The Morgan fingerprint density at radius 1 is 0.647 bits per heavy atom. The predicted octanol–water partition coefficient (Wildman–Crippen LogP) is 6.65. The van der Waals surface area contributed by atoms with Crippen molar-refractivity contribution in [2.75, 3.05) is 0 Å². The van der Waals surface area contributed by atoms with Crippen LogP contribution in [0.25, 0.3) is 0 Å². The normalized spacial score (nSPS) is 18.1. The average molecular weight is 325 g/mol. The predicted molar refractivity (Wildman–Crippen MR) is 90.2 cm³/mol. The molecule has 0 aliphatic carbocycles. The Bertz CT molecular complexity index is 245. The van der Waals surface area contributed by atoms with Gasteiger partial charge in [0.1, 0.15) is 0 Å². The Morgan fingerprint density at radius 3 is 0.824 bits per heavy atom. The number of hydrogen-bond acceptors (Lipinski definition) is 0. The van der Waals surface area contributed by atoms with Gasteiger partial charge in [-0.3, -0.25) is 0 Å². The standard InChI is InChI=1S/C15H34BrP/c1-12(2)17(16,13(3,4)5,14(6,7)8)15(9,10)11/h12H,1-11H3. The SMILES string of the molecule is CC(C)P(Br)(C(C)(C)C)(C(C)(C)C)C(C)(C)C. The van der Waals surface area contributed by atoms with Crippen LogP contribution in [0.1, 0.15) is 76.2 Å². The van der Waals surface area contributed by atoms with Crippen LogP contribution in [0, 0.1) is 0 Å². The molecule has 0 radical (unpaired) electrons. The maximum atomic E-state index is 4.45. The molecule has 2 heteroatoms. The van der Waals surface area contributed by atoms with Crippen molar-refractivity contribution in [3.63, 3.8) is 0 Å². The van der Waals surface area contributed by atoms with E-state index >= 15 is 0 Å². The fourth-order valence-corrected chi connectivity index (χ4v) is 16.0. The Hall–Kier alpha value is 0.910. The molecule has 0 aromatic carbocycles. The zero-order valence-corrected chi connectivity index (χ0v) is 16.4. The molecular formula is C15H34BrP. The molecule has 0 amide bonds. The second-order valence-corrected chi connectivity index (χ2v) is 20.3. The summed E-state index contributed by atoms with van der Waals surface area (Å²) in [4.78, 5) is 0. The van der Waals surface area contributed by atoms with Gasteiger partial charge in [-0.1, -0.05) is 0 Å². The van der Waals surface area contributed by atoms with Crippen molar-refractivity contribution in [2.45, 2.75) is 97.3 Å². The number of hydrogen-bond donors (Lipinski definition) is 0. The van der Waals surface area contributed by atoms with Crippen LogP contribution in [-0.4, -0.2) is 21.1 Å². The molecule has 0 aromatic rings. The molecule has 0 rings (SSSR count). The molecule has 0 bridgehead atoms. The van der Waals surface area contributed by atoms with Gasteiger partial charge in [0.2, 0.25) is 0 Å². The zero-order chi connectivity index (χ0) is 14.5. The van der Waals surface area contributed by atoms with Gasteiger partial charge in [-0.05, 0) is 0 Å². The minimum atomic E-state index is -2.17. The fraction of sp³-hybridized carbons (Fsp3) is 1.00. The molecular weight excluding hydrogens is 291 g/mol. The third kappa shape index (κ3) is 1.86. The first-order chi connectivity index (χ1) is 7.03. The topological polar surface area (TPSA) is 0 Å². The Morgan fingerprint density at radius 2 is 0.824 bits per heavy atom. The van der Waals surface area contributed by atoms with Crippen LogP contribution < -0.4 is 0 Å². The monoisotopic (exact) mass is 324 g/mol. The van der Waals surface area contributed by atoms with E-state index in [-0.39, 0.29) is 15.5 Å². The molecule has 0 fully saturated rings. The number of rotatable bonds is 1. The molecule has 0 saturated heterocycles. The second-order valence-electron chi connectivity index (χ2n) is 8.68. The summed E-state index contributed by atoms with van der Waals surface area (Å²) in [5, 5.41) is -1.30. The summed E-state index contributed by atoms with van der Waals surface area (Å²) >= 11 is 4.45. The molecule has 0 saturated carbocycles. The first-order valence-corrected chi connectivity index (χ1v) is 11.1. The number of halogens is 1. The van der Waals surface area contributed by atoms with Gasteiger partial charge in [0, 0.05) is 0 Å². The first-order valence-electron chi connectivity index (χ1n) is 6.75. The molecule has 0 atom stereocenters. The van der Waals surface area contributed by atoms with Crippen molar-refractivity contribution in [3.05, 3.63) is 0 Å². The van der Waals surface area contributed by atoms with E-state index in [4.69, 9.17) is 0 Å². The first kappa shape index (κ1) is 17.9. The summed E-state index contributed by atoms with van der Waals surface area (Å²) in [6, 6.07) is 0. The minimum absolute atomic E-state index is 0.288. The van der Waals surface area contributed by atoms with E-state index in [9.17, 15) is 0 Å². The van der Waals surface area contributed by atoms with Crippen LogP contribution in [0.15, 0.2) is 0 Å². The van der Waals surface area contributed by atoms with Gasteiger partial charge < -0.3 is 0 Å². The fourth-order valence-electron chi connectivity index (χ4n) is 5.34. The third-order valence-electron chi connectivity index (χ3n) is 4.90. The van der Waals surface area contributed by atoms with Gasteiger partial charge in [-0.2, -0.15) is 0 Å². The van der Waals surface area contributed by atoms with Crippen molar-refractivity contribution in [1.29, 1.82) is 0 Å². The van der Waals surface area contributed by atoms with Gasteiger partial charge in [-0.25, -0.2) is 0 Å². The van der Waals surface area contributed by atoms with Crippen molar-refractivity contribution >= 4 is 20.8 Å². The Kier molecular flexibility index (Phi) is 4.43. The van der Waals surface area contributed by atoms with E-state index in [1.807, 2.05) is 0 Å². The van der Waals surface area contributed by atoms with Crippen molar-refractivity contribution < 1.29 is 0 Å². The Labute approximate surface area is 118 Å². The van der Waals surface area contributed by atoms with E-state index < -0.39 is 5.31 Å². The van der Waals surface area contributed by atoms with E-state index in [1.165, 1.54) is 0 Å². The summed E-state index contributed by atoms with van der Waals surface area (Å²) in [5.74, 6) is 0. The molecule has 0 spiro atoms. The summed E-state index contributed by atoms with van der Waals surface area (Å²) in [5.41, 5.74) is 0.668. The summed E-state index contributed by atoms with van der Waals surface area (Å²) in [6.45, 7) is 26.7. The molecule has 17 heavy (non-hydrogen) atoms. The third-order valence-corrected chi connectivity index (χ3v) is 26.7. The summed E-state index contributed by atoms with van der Waals surface area (Å²) in [6.07, 6.45) is 0. The van der Waals surface area contributed by atoms with Gasteiger partial charge in [0.25, 0.3) is 0 Å². The van der Waals surface area contributed by atoms with Crippen LogP contribution in [0.2, 0.25) is 0 Å². The van der Waals surface area contributed by atoms with Crippen LogP contribution in [-0.2, 0) is 0 Å². The molecule has 0 heterocycles. The molecule has 0 aliphatic heterocycles. The quantitative estimate of drug-likeness (QED) is 0.473. The van der Waals surface area contributed by atoms with Crippen LogP contribution in [0.3, 0.4) is 0 Å². The van der Waals surface area contributed by atoms with Gasteiger partial charge in [0.15, 0.2) is 0 Å². The molecule has 0 aliphatic rings. The zero-order valence-electron chi connectivity index (χ0n) is 13.9. The van der Waals surface area contributed by atoms with Gasteiger partial charge in [-0.15, -0.1) is 0 Å². The van der Waals surface area contributed by atoms with Crippen LogP contribution in [0.5, 0.6) is 0 Å². The van der Waals surface area contributed by atoms with Crippen molar-refractivity contribution in [3.8, 4) is 0 Å². The molecule has 0 N–H and O–H groups in total. The van der Waals surface area contributed by atoms with E-state index in [2.05, 4.69) is 91.7 Å². The van der Waals surface area contributed by atoms with E-state index in [0.717, 1.165) is 0 Å². The molecule has 0 unspecified atom stereocenters. The van der Waals surface area contributed by atoms with Gasteiger partial charge in [0.05, 0.1) is 0 Å². The molecule has 106 valence electrons. The summed E-state index contributed by atoms with van der Waals surface area (Å²) in [7, 11) is 0.